The number of hydrogen-bond acceptors (Lipinski definition) is 9. The molecule has 14 nitrogen and oxygen atoms in total. The number of rotatable bonds is 10. The maximum absolute atomic E-state index is 13.1. The van der Waals surface area contributed by atoms with Gasteiger partial charge in [0, 0.05) is 50.7 Å². The Morgan fingerprint density at radius 2 is 1.68 bits per heavy atom. The molecule has 1 aromatic heterocycles. The fraction of sp³-hybridized carbons (Fsp3) is 0.576. The summed E-state index contributed by atoms with van der Waals surface area (Å²) in [5.41, 5.74) is 0.857. The Kier molecular flexibility index (Phi) is 11.8. The lowest BCUT2D eigenvalue weighted by atomic mass is 10.1. The van der Waals surface area contributed by atoms with Crippen molar-refractivity contribution in [1.29, 1.82) is 0 Å². The van der Waals surface area contributed by atoms with Gasteiger partial charge in [-0.2, -0.15) is 0 Å². The van der Waals surface area contributed by atoms with Gasteiger partial charge in [0.05, 0.1) is 24.7 Å². The number of unbranched alkanes of at least 4 members (excludes halogenated alkanes) is 1. The van der Waals surface area contributed by atoms with Crippen LogP contribution in [0.4, 0.5) is 9.59 Å². The van der Waals surface area contributed by atoms with Crippen LogP contribution in [0.2, 0.25) is 0 Å². The van der Waals surface area contributed by atoms with Crippen molar-refractivity contribution in [1.82, 2.24) is 30.3 Å². The lowest BCUT2D eigenvalue weighted by Crippen LogP contribution is -2.52. The van der Waals surface area contributed by atoms with Gasteiger partial charge in [0.15, 0.2) is 6.61 Å². The fourth-order valence-corrected chi connectivity index (χ4v) is 5.24. The highest BCUT2D eigenvalue weighted by Crippen LogP contribution is 2.27. The van der Waals surface area contributed by atoms with E-state index in [9.17, 15) is 24.0 Å². The van der Waals surface area contributed by atoms with Crippen LogP contribution >= 0.6 is 0 Å². The van der Waals surface area contributed by atoms with E-state index >= 15 is 0 Å². The molecule has 1 atom stereocenters. The van der Waals surface area contributed by atoms with Crippen molar-refractivity contribution in [3.8, 4) is 5.75 Å². The van der Waals surface area contributed by atoms with Gasteiger partial charge in [-0.3, -0.25) is 14.4 Å². The molecule has 0 bridgehead atoms. The maximum atomic E-state index is 13.1. The average molecular weight is 655 g/mol. The molecule has 2 aromatic rings. The smallest absolute Gasteiger partial charge is 0.409 e. The van der Waals surface area contributed by atoms with Crippen molar-refractivity contribution in [2.75, 3.05) is 59.0 Å². The molecule has 47 heavy (non-hydrogen) atoms. The third-order valence-corrected chi connectivity index (χ3v) is 7.79. The van der Waals surface area contributed by atoms with Crippen LogP contribution in [0, 0.1) is 6.92 Å². The number of fused-ring (bicyclic) bond motifs is 1. The molecule has 14 heteroatoms. The Labute approximate surface area is 275 Å². The summed E-state index contributed by atoms with van der Waals surface area (Å²) in [7, 11) is 0. The standard InChI is InChI=1S/C33H46N6O8/c1-6-7-16-45-32(44)38-14-12-37(13-15-38)28(40)19-34-30(42)26-18-27(24-9-8-22(2)17-25(24)36-26)46-21-29(41)39-11-10-23(20-39)35-31(43)47-33(3,4)5/h8-9,17-18,23H,6-7,10-16,19-21H2,1-5H3,(H,34,42)(H,35,43). The lowest BCUT2D eigenvalue weighted by Gasteiger charge is -2.34. The van der Waals surface area contributed by atoms with E-state index in [2.05, 4.69) is 15.6 Å². The average Bonchev–Trinajstić information content (AvgIpc) is 3.49. The highest BCUT2D eigenvalue weighted by molar-refractivity contribution is 5.98. The number of benzene rings is 1. The number of hydrogen-bond donors (Lipinski definition) is 2. The van der Waals surface area contributed by atoms with Gasteiger partial charge in [-0.05, 0) is 58.2 Å². The van der Waals surface area contributed by atoms with Crippen LogP contribution in [-0.4, -0.2) is 120 Å². The van der Waals surface area contributed by atoms with Crippen molar-refractivity contribution < 1.29 is 38.2 Å². The largest absolute Gasteiger partial charge is 0.483 e. The van der Waals surface area contributed by atoms with Crippen LogP contribution in [-0.2, 0) is 19.1 Å². The number of pyridine rings is 1. The molecule has 2 N–H and O–H groups in total. The first-order valence-corrected chi connectivity index (χ1v) is 16.1. The number of carbonyl (C=O) groups excluding carboxylic acids is 5. The Morgan fingerprint density at radius 3 is 2.38 bits per heavy atom. The summed E-state index contributed by atoms with van der Waals surface area (Å²) in [6.45, 7) is 11.3. The first-order valence-electron chi connectivity index (χ1n) is 16.1. The number of piperazine rings is 1. The van der Waals surface area contributed by atoms with Crippen molar-refractivity contribution in [3.63, 3.8) is 0 Å². The van der Waals surface area contributed by atoms with Gasteiger partial charge in [0.1, 0.15) is 17.0 Å². The van der Waals surface area contributed by atoms with Gasteiger partial charge in [-0.25, -0.2) is 14.6 Å². The molecule has 2 aliphatic heterocycles. The number of carbonyl (C=O) groups is 5. The van der Waals surface area contributed by atoms with Crippen LogP contribution in [0.15, 0.2) is 24.3 Å². The Morgan fingerprint density at radius 1 is 0.957 bits per heavy atom. The van der Waals surface area contributed by atoms with Gasteiger partial charge < -0.3 is 39.5 Å². The molecular weight excluding hydrogens is 608 g/mol. The zero-order valence-electron chi connectivity index (χ0n) is 27.9. The van der Waals surface area contributed by atoms with E-state index in [1.54, 1.807) is 35.5 Å². The van der Waals surface area contributed by atoms with E-state index in [1.807, 2.05) is 32.0 Å². The van der Waals surface area contributed by atoms with E-state index < -0.39 is 17.6 Å². The molecule has 1 unspecified atom stereocenters. The molecule has 5 amide bonds. The van der Waals surface area contributed by atoms with Crippen molar-refractivity contribution in [2.24, 2.45) is 0 Å². The summed E-state index contributed by atoms with van der Waals surface area (Å²) >= 11 is 0. The Bertz CT molecular complexity index is 1470. The number of aromatic nitrogens is 1. The number of amides is 5. The van der Waals surface area contributed by atoms with Crippen LogP contribution < -0.4 is 15.4 Å². The second-order valence-electron chi connectivity index (χ2n) is 12.8. The Balaban J connectivity index is 1.32. The minimum atomic E-state index is -0.620. The van der Waals surface area contributed by atoms with Crippen molar-refractivity contribution in [3.05, 3.63) is 35.5 Å². The molecule has 0 aliphatic carbocycles. The minimum absolute atomic E-state index is 0.0424. The SMILES string of the molecule is CCCCOC(=O)N1CCN(C(=O)CNC(=O)c2cc(OCC(=O)N3CCC(NC(=O)OC(C)(C)C)C3)c3ccc(C)cc3n2)CC1. The predicted molar refractivity (Wildman–Crippen MR) is 173 cm³/mol. The topological polar surface area (TPSA) is 160 Å². The highest BCUT2D eigenvalue weighted by atomic mass is 16.6. The van der Waals surface area contributed by atoms with Crippen LogP contribution in [0.3, 0.4) is 0 Å². The molecule has 3 heterocycles. The minimum Gasteiger partial charge on any atom is -0.483 e. The predicted octanol–water partition coefficient (Wildman–Crippen LogP) is 2.86. The Hall–Kier alpha value is -4.62. The zero-order chi connectivity index (χ0) is 34.1. The molecule has 0 saturated carbocycles. The third kappa shape index (κ3) is 10.2. The van der Waals surface area contributed by atoms with Crippen LogP contribution in [0.1, 0.15) is 63.0 Å². The van der Waals surface area contributed by atoms with E-state index in [-0.39, 0.29) is 42.8 Å². The van der Waals surface area contributed by atoms with Gasteiger partial charge >= 0.3 is 12.2 Å². The van der Waals surface area contributed by atoms with Gasteiger partial charge in [0.25, 0.3) is 11.8 Å². The number of alkyl carbamates (subject to hydrolysis) is 1. The van der Waals surface area contributed by atoms with E-state index in [0.717, 1.165) is 18.4 Å². The van der Waals surface area contributed by atoms with Gasteiger partial charge in [0.2, 0.25) is 5.91 Å². The number of nitrogens with zero attached hydrogens (tertiary/aromatic N) is 4. The second kappa shape index (κ2) is 15.8. The number of aryl methyl sites for hydroxylation is 1. The third-order valence-electron chi connectivity index (χ3n) is 7.79. The summed E-state index contributed by atoms with van der Waals surface area (Å²) in [4.78, 5) is 72.6. The molecule has 4 rings (SSSR count). The maximum Gasteiger partial charge on any atom is 0.409 e. The fourth-order valence-electron chi connectivity index (χ4n) is 5.24. The lowest BCUT2D eigenvalue weighted by molar-refractivity contribution is -0.132. The molecule has 2 aliphatic rings. The van der Waals surface area contributed by atoms with Crippen molar-refractivity contribution in [2.45, 2.75) is 65.5 Å². The molecule has 2 saturated heterocycles. The monoisotopic (exact) mass is 654 g/mol. The molecule has 0 spiro atoms. The van der Waals surface area contributed by atoms with Gasteiger partial charge in [-0.15, -0.1) is 0 Å². The summed E-state index contributed by atoms with van der Waals surface area (Å²) in [5, 5.41) is 6.08. The summed E-state index contributed by atoms with van der Waals surface area (Å²) in [5.74, 6) is -0.793. The van der Waals surface area contributed by atoms with Crippen molar-refractivity contribution >= 4 is 40.8 Å². The number of likely N-dealkylation sites (tertiary alicyclic amines) is 1. The van der Waals surface area contributed by atoms with Crippen LogP contribution in [0.25, 0.3) is 10.9 Å². The van der Waals surface area contributed by atoms with Gasteiger partial charge in [-0.1, -0.05) is 19.4 Å². The summed E-state index contributed by atoms with van der Waals surface area (Å²) in [6.07, 6.45) is 1.42. The summed E-state index contributed by atoms with van der Waals surface area (Å²) < 4.78 is 16.5. The quantitative estimate of drug-likeness (QED) is 0.367. The molecule has 2 fully saturated rings. The molecule has 1 aromatic carbocycles. The summed E-state index contributed by atoms with van der Waals surface area (Å²) in [6, 6.07) is 6.75. The number of nitrogens with one attached hydrogen (secondary N) is 2. The van der Waals surface area contributed by atoms with E-state index in [1.165, 1.54) is 6.07 Å². The van der Waals surface area contributed by atoms with E-state index in [0.29, 0.717) is 68.9 Å². The van der Waals surface area contributed by atoms with E-state index in [4.69, 9.17) is 14.2 Å². The number of ether oxygens (including phenoxy) is 3. The highest BCUT2D eigenvalue weighted by Gasteiger charge is 2.30. The molecular formula is C33H46N6O8. The second-order valence-corrected chi connectivity index (χ2v) is 12.8. The molecule has 256 valence electrons. The molecule has 0 radical (unpaired) electrons. The zero-order valence-corrected chi connectivity index (χ0v) is 27.9. The normalized spacial score (nSPS) is 16.5. The first kappa shape index (κ1) is 35.2. The van der Waals surface area contributed by atoms with Crippen LogP contribution in [0.5, 0.6) is 5.75 Å². The first-order chi connectivity index (χ1) is 22.3.